The van der Waals surface area contributed by atoms with Crippen LogP contribution in [0.25, 0.3) is 0 Å². The van der Waals surface area contributed by atoms with Crippen LogP contribution in [-0.2, 0) is 6.54 Å². The maximum atomic E-state index is 3.68. The summed E-state index contributed by atoms with van der Waals surface area (Å²) in [5, 5.41) is 3.68. The molecule has 106 valence electrons. The van der Waals surface area contributed by atoms with E-state index in [0.29, 0.717) is 0 Å². The van der Waals surface area contributed by atoms with E-state index in [1.807, 2.05) is 0 Å². The van der Waals surface area contributed by atoms with Crippen molar-refractivity contribution in [2.75, 3.05) is 20.1 Å². The van der Waals surface area contributed by atoms with Crippen LogP contribution in [0.4, 0.5) is 0 Å². The summed E-state index contributed by atoms with van der Waals surface area (Å²) >= 11 is 0. The minimum atomic E-state index is 0.807. The van der Waals surface area contributed by atoms with E-state index in [0.717, 1.165) is 12.6 Å². The van der Waals surface area contributed by atoms with Gasteiger partial charge in [-0.3, -0.25) is 0 Å². The van der Waals surface area contributed by atoms with E-state index in [1.54, 1.807) is 0 Å². The lowest BCUT2D eigenvalue weighted by molar-refractivity contribution is 0.316. The standard InChI is InChI=1S/C17H28N2/c1-15-7-5-8-16(13-15)14-19(2)12-6-11-18-17-9-3-4-10-17/h5,7-8,13,17-18H,3-4,6,9-12,14H2,1-2H3. The molecule has 19 heavy (non-hydrogen) atoms. The van der Waals surface area contributed by atoms with Crippen LogP contribution >= 0.6 is 0 Å². The minimum absolute atomic E-state index is 0.807. The molecule has 1 fully saturated rings. The molecule has 1 N–H and O–H groups in total. The minimum Gasteiger partial charge on any atom is -0.314 e. The molecule has 0 bridgehead atoms. The van der Waals surface area contributed by atoms with Crippen LogP contribution in [0.1, 0.15) is 43.2 Å². The van der Waals surface area contributed by atoms with Gasteiger partial charge in [0.1, 0.15) is 0 Å². The zero-order valence-electron chi connectivity index (χ0n) is 12.5. The average Bonchev–Trinajstić information content (AvgIpc) is 2.88. The molecule has 0 radical (unpaired) electrons. The molecule has 2 heteroatoms. The highest BCUT2D eigenvalue weighted by atomic mass is 15.1. The van der Waals surface area contributed by atoms with Gasteiger partial charge in [0, 0.05) is 12.6 Å². The average molecular weight is 260 g/mol. The van der Waals surface area contributed by atoms with Gasteiger partial charge in [0.25, 0.3) is 0 Å². The summed E-state index contributed by atoms with van der Waals surface area (Å²) in [7, 11) is 2.22. The summed E-state index contributed by atoms with van der Waals surface area (Å²) in [6, 6.07) is 9.63. The van der Waals surface area contributed by atoms with Gasteiger partial charge >= 0.3 is 0 Å². The highest BCUT2D eigenvalue weighted by Crippen LogP contribution is 2.17. The van der Waals surface area contributed by atoms with Crippen LogP contribution < -0.4 is 5.32 Å². The molecule has 0 atom stereocenters. The fraction of sp³-hybridized carbons (Fsp3) is 0.647. The van der Waals surface area contributed by atoms with Crippen LogP contribution in [0.15, 0.2) is 24.3 Å². The van der Waals surface area contributed by atoms with E-state index in [-0.39, 0.29) is 0 Å². The highest BCUT2D eigenvalue weighted by Gasteiger charge is 2.13. The maximum absolute atomic E-state index is 3.68. The van der Waals surface area contributed by atoms with Crippen molar-refractivity contribution in [3.63, 3.8) is 0 Å². The van der Waals surface area contributed by atoms with Crippen molar-refractivity contribution in [3.05, 3.63) is 35.4 Å². The summed E-state index contributed by atoms with van der Waals surface area (Å²) in [5.41, 5.74) is 2.78. The van der Waals surface area contributed by atoms with Crippen molar-refractivity contribution in [1.82, 2.24) is 10.2 Å². The predicted octanol–water partition coefficient (Wildman–Crippen LogP) is 3.35. The van der Waals surface area contributed by atoms with Gasteiger partial charge in [-0.2, -0.15) is 0 Å². The monoisotopic (exact) mass is 260 g/mol. The van der Waals surface area contributed by atoms with Crippen molar-refractivity contribution >= 4 is 0 Å². The SMILES string of the molecule is Cc1cccc(CN(C)CCCNC2CCCC2)c1. The third-order valence-electron chi connectivity index (χ3n) is 4.04. The van der Waals surface area contributed by atoms with Crippen LogP contribution in [0.5, 0.6) is 0 Å². The van der Waals surface area contributed by atoms with E-state index in [9.17, 15) is 0 Å². The Bertz CT molecular complexity index is 369. The maximum Gasteiger partial charge on any atom is 0.0230 e. The van der Waals surface area contributed by atoms with Gasteiger partial charge in [-0.05, 0) is 51.9 Å². The molecule has 0 aromatic heterocycles. The van der Waals surface area contributed by atoms with Crippen LogP contribution in [0.3, 0.4) is 0 Å². The van der Waals surface area contributed by atoms with E-state index >= 15 is 0 Å². The van der Waals surface area contributed by atoms with Gasteiger partial charge < -0.3 is 10.2 Å². The van der Waals surface area contributed by atoms with Gasteiger partial charge in [0.15, 0.2) is 0 Å². The van der Waals surface area contributed by atoms with Gasteiger partial charge in [0.2, 0.25) is 0 Å². The Morgan fingerprint density at radius 3 is 2.79 bits per heavy atom. The Kier molecular flexibility index (Phi) is 5.87. The molecule has 0 unspecified atom stereocenters. The molecular formula is C17H28N2. The first-order valence-corrected chi connectivity index (χ1v) is 7.71. The Labute approximate surface area is 118 Å². The molecule has 1 aromatic carbocycles. The summed E-state index contributed by atoms with van der Waals surface area (Å²) in [6.07, 6.45) is 6.87. The molecule has 1 aliphatic rings. The molecule has 0 amide bonds. The largest absolute Gasteiger partial charge is 0.314 e. The molecule has 1 saturated carbocycles. The van der Waals surface area contributed by atoms with Crippen molar-refractivity contribution in [2.24, 2.45) is 0 Å². The molecule has 0 heterocycles. The van der Waals surface area contributed by atoms with E-state index in [4.69, 9.17) is 0 Å². The smallest absolute Gasteiger partial charge is 0.0230 e. The molecule has 0 aliphatic heterocycles. The van der Waals surface area contributed by atoms with Crippen molar-refractivity contribution < 1.29 is 0 Å². The second-order valence-electron chi connectivity index (χ2n) is 6.02. The Morgan fingerprint density at radius 1 is 1.26 bits per heavy atom. The fourth-order valence-corrected chi connectivity index (χ4v) is 2.99. The Hall–Kier alpha value is -0.860. The van der Waals surface area contributed by atoms with Crippen LogP contribution in [0.2, 0.25) is 0 Å². The Morgan fingerprint density at radius 2 is 2.05 bits per heavy atom. The van der Waals surface area contributed by atoms with Gasteiger partial charge in [-0.25, -0.2) is 0 Å². The van der Waals surface area contributed by atoms with Crippen molar-refractivity contribution in [3.8, 4) is 0 Å². The van der Waals surface area contributed by atoms with Gasteiger partial charge in [0.05, 0.1) is 0 Å². The van der Waals surface area contributed by atoms with E-state index < -0.39 is 0 Å². The summed E-state index contributed by atoms with van der Waals surface area (Å²) in [6.45, 7) is 5.57. The third kappa shape index (κ3) is 5.33. The first-order chi connectivity index (χ1) is 9.24. The normalized spacial score (nSPS) is 16.4. The van der Waals surface area contributed by atoms with Crippen LogP contribution in [-0.4, -0.2) is 31.1 Å². The first-order valence-electron chi connectivity index (χ1n) is 7.71. The number of hydrogen-bond acceptors (Lipinski definition) is 2. The Balaban J connectivity index is 1.60. The van der Waals surface area contributed by atoms with Crippen molar-refractivity contribution in [1.29, 1.82) is 0 Å². The fourth-order valence-electron chi connectivity index (χ4n) is 2.99. The topological polar surface area (TPSA) is 15.3 Å². The lowest BCUT2D eigenvalue weighted by Crippen LogP contribution is -2.29. The molecule has 2 rings (SSSR count). The zero-order valence-corrected chi connectivity index (χ0v) is 12.5. The number of rotatable bonds is 7. The summed E-state index contributed by atoms with van der Waals surface area (Å²) in [5.74, 6) is 0. The molecular weight excluding hydrogens is 232 g/mol. The first kappa shape index (κ1) is 14.5. The molecule has 1 aliphatic carbocycles. The van der Waals surface area contributed by atoms with Crippen molar-refractivity contribution in [2.45, 2.75) is 51.6 Å². The van der Waals surface area contributed by atoms with Gasteiger partial charge in [-0.1, -0.05) is 42.7 Å². The lowest BCUT2D eigenvalue weighted by atomic mass is 10.1. The summed E-state index contributed by atoms with van der Waals surface area (Å²) < 4.78 is 0. The molecule has 0 saturated heterocycles. The lowest BCUT2D eigenvalue weighted by Gasteiger charge is -2.18. The van der Waals surface area contributed by atoms with Gasteiger partial charge in [-0.15, -0.1) is 0 Å². The highest BCUT2D eigenvalue weighted by molar-refractivity contribution is 5.21. The number of aryl methyl sites for hydroxylation is 1. The number of benzene rings is 1. The second kappa shape index (κ2) is 7.66. The van der Waals surface area contributed by atoms with E-state index in [2.05, 4.69) is 48.5 Å². The quantitative estimate of drug-likeness (QED) is 0.756. The predicted molar refractivity (Wildman–Crippen MR) is 82.4 cm³/mol. The summed E-state index contributed by atoms with van der Waals surface area (Å²) in [4.78, 5) is 2.42. The molecule has 0 spiro atoms. The van der Waals surface area contributed by atoms with Crippen LogP contribution in [0, 0.1) is 6.92 Å². The third-order valence-corrected chi connectivity index (χ3v) is 4.04. The molecule has 1 aromatic rings. The number of hydrogen-bond donors (Lipinski definition) is 1. The molecule has 2 nitrogen and oxygen atoms in total. The van der Waals surface area contributed by atoms with E-state index in [1.165, 1.54) is 56.3 Å². The number of nitrogens with zero attached hydrogens (tertiary/aromatic N) is 1. The number of nitrogens with one attached hydrogen (secondary N) is 1. The zero-order chi connectivity index (χ0) is 13.5. The second-order valence-corrected chi connectivity index (χ2v) is 6.02.